The highest BCUT2D eigenvalue weighted by atomic mass is 16.5. The number of methoxy groups -OCH3 is 1. The van der Waals surface area contributed by atoms with E-state index in [1.165, 1.54) is 6.92 Å². The minimum atomic E-state index is -0.0462. The third-order valence-electron chi connectivity index (χ3n) is 2.57. The molecule has 4 nitrogen and oxygen atoms in total. The molecular weight excluding hydrogens is 230 g/mol. The third-order valence-corrected chi connectivity index (χ3v) is 2.57. The maximum absolute atomic E-state index is 11.6. The normalized spacial score (nSPS) is 10.5. The molecule has 0 fully saturated rings. The number of hydrogen-bond donors (Lipinski definition) is 0. The first-order valence-electron chi connectivity index (χ1n) is 6.01. The van der Waals surface area contributed by atoms with E-state index < -0.39 is 0 Å². The maximum Gasteiger partial charge on any atom is 0.167 e. The summed E-state index contributed by atoms with van der Waals surface area (Å²) < 4.78 is 10.8. The lowest BCUT2D eigenvalue weighted by atomic mass is 10.1. The standard InChI is InChI=1S/C14H21NO3/c1-11(16)14-12(17-4)7-5-8-13(14)18-10-6-9-15(2)3/h5,7-8H,6,9-10H2,1-4H3. The predicted octanol–water partition coefficient (Wildman–Crippen LogP) is 2.23. The van der Waals surface area contributed by atoms with Crippen LogP contribution in [0.2, 0.25) is 0 Å². The third kappa shape index (κ3) is 4.04. The smallest absolute Gasteiger partial charge is 0.167 e. The molecule has 0 heterocycles. The van der Waals surface area contributed by atoms with Gasteiger partial charge in [-0.25, -0.2) is 0 Å². The number of ether oxygens (including phenoxy) is 2. The van der Waals surface area contributed by atoms with Gasteiger partial charge in [-0.15, -0.1) is 0 Å². The van der Waals surface area contributed by atoms with E-state index in [0.29, 0.717) is 23.7 Å². The van der Waals surface area contributed by atoms with E-state index in [0.717, 1.165) is 13.0 Å². The summed E-state index contributed by atoms with van der Waals surface area (Å²) in [4.78, 5) is 13.7. The highest BCUT2D eigenvalue weighted by molar-refractivity contribution is 5.99. The molecular formula is C14H21NO3. The van der Waals surface area contributed by atoms with Crippen LogP contribution in [0.25, 0.3) is 0 Å². The van der Waals surface area contributed by atoms with Crippen molar-refractivity contribution < 1.29 is 14.3 Å². The van der Waals surface area contributed by atoms with E-state index in [1.54, 1.807) is 19.2 Å². The van der Waals surface area contributed by atoms with Crippen LogP contribution < -0.4 is 9.47 Å². The van der Waals surface area contributed by atoms with Crippen molar-refractivity contribution in [1.82, 2.24) is 4.90 Å². The molecule has 0 amide bonds. The molecule has 0 atom stereocenters. The molecule has 0 aromatic heterocycles. The zero-order chi connectivity index (χ0) is 13.5. The first-order chi connectivity index (χ1) is 8.56. The molecule has 0 saturated heterocycles. The van der Waals surface area contributed by atoms with Crippen LogP contribution >= 0.6 is 0 Å². The van der Waals surface area contributed by atoms with Gasteiger partial charge in [0.15, 0.2) is 5.78 Å². The van der Waals surface area contributed by atoms with Crippen LogP contribution in [0.4, 0.5) is 0 Å². The van der Waals surface area contributed by atoms with Crippen molar-refractivity contribution in [3.05, 3.63) is 23.8 Å². The summed E-state index contributed by atoms with van der Waals surface area (Å²) in [6, 6.07) is 5.39. The maximum atomic E-state index is 11.6. The average Bonchev–Trinajstić information content (AvgIpc) is 2.33. The summed E-state index contributed by atoms with van der Waals surface area (Å²) in [5, 5.41) is 0. The number of Topliss-reactive ketones (excluding diaryl/α,β-unsaturated/α-hetero) is 1. The molecule has 0 saturated carbocycles. The lowest BCUT2D eigenvalue weighted by Crippen LogP contribution is -2.16. The van der Waals surface area contributed by atoms with Gasteiger partial charge in [0.05, 0.1) is 13.7 Å². The Bertz CT molecular complexity index is 402. The quantitative estimate of drug-likeness (QED) is 0.550. The highest BCUT2D eigenvalue weighted by Gasteiger charge is 2.14. The molecule has 0 unspecified atom stereocenters. The summed E-state index contributed by atoms with van der Waals surface area (Å²) in [5.41, 5.74) is 0.518. The monoisotopic (exact) mass is 251 g/mol. The molecule has 18 heavy (non-hydrogen) atoms. The number of ketones is 1. The van der Waals surface area contributed by atoms with Crippen LogP contribution in [0, 0.1) is 0 Å². The average molecular weight is 251 g/mol. The molecule has 100 valence electrons. The van der Waals surface area contributed by atoms with Gasteiger partial charge in [-0.3, -0.25) is 4.79 Å². The second kappa shape index (κ2) is 7.01. The zero-order valence-electron chi connectivity index (χ0n) is 11.5. The van der Waals surface area contributed by atoms with Crippen molar-refractivity contribution >= 4 is 5.78 Å². The van der Waals surface area contributed by atoms with Gasteiger partial charge in [-0.05, 0) is 39.6 Å². The van der Waals surface area contributed by atoms with Gasteiger partial charge in [-0.2, -0.15) is 0 Å². The summed E-state index contributed by atoms with van der Waals surface area (Å²) in [6.45, 7) is 3.07. The second-order valence-electron chi connectivity index (χ2n) is 4.39. The lowest BCUT2D eigenvalue weighted by Gasteiger charge is -2.14. The van der Waals surface area contributed by atoms with Crippen molar-refractivity contribution in [3.8, 4) is 11.5 Å². The van der Waals surface area contributed by atoms with Crippen LogP contribution in [0.3, 0.4) is 0 Å². The molecule has 0 spiro atoms. The molecule has 1 rings (SSSR count). The molecule has 0 aliphatic carbocycles. The first-order valence-corrected chi connectivity index (χ1v) is 6.01. The molecule has 4 heteroatoms. The summed E-state index contributed by atoms with van der Waals surface area (Å²) in [6.07, 6.45) is 0.918. The number of rotatable bonds is 7. The van der Waals surface area contributed by atoms with Crippen molar-refractivity contribution in [3.63, 3.8) is 0 Å². The number of benzene rings is 1. The van der Waals surface area contributed by atoms with Gasteiger partial charge in [0, 0.05) is 6.54 Å². The number of carbonyl (C=O) groups is 1. The fraction of sp³-hybridized carbons (Fsp3) is 0.500. The second-order valence-corrected chi connectivity index (χ2v) is 4.39. The van der Waals surface area contributed by atoms with Crippen molar-refractivity contribution in [2.45, 2.75) is 13.3 Å². The Morgan fingerprint density at radius 2 is 1.94 bits per heavy atom. The van der Waals surface area contributed by atoms with E-state index in [-0.39, 0.29) is 5.78 Å². The van der Waals surface area contributed by atoms with Crippen molar-refractivity contribution in [2.24, 2.45) is 0 Å². The zero-order valence-corrected chi connectivity index (χ0v) is 11.5. The predicted molar refractivity (Wildman–Crippen MR) is 71.7 cm³/mol. The number of carbonyl (C=O) groups excluding carboxylic acids is 1. The molecule has 0 aliphatic rings. The largest absolute Gasteiger partial charge is 0.496 e. The minimum absolute atomic E-state index is 0.0462. The fourth-order valence-corrected chi connectivity index (χ4v) is 1.71. The van der Waals surface area contributed by atoms with Crippen molar-refractivity contribution in [2.75, 3.05) is 34.4 Å². The summed E-state index contributed by atoms with van der Waals surface area (Å²) >= 11 is 0. The van der Waals surface area contributed by atoms with Gasteiger partial charge < -0.3 is 14.4 Å². The van der Waals surface area contributed by atoms with Gasteiger partial charge in [0.25, 0.3) is 0 Å². The lowest BCUT2D eigenvalue weighted by molar-refractivity contribution is 0.101. The molecule has 0 aliphatic heterocycles. The minimum Gasteiger partial charge on any atom is -0.496 e. The van der Waals surface area contributed by atoms with Crippen LogP contribution in [-0.2, 0) is 0 Å². The molecule has 1 aromatic carbocycles. The summed E-state index contributed by atoms with van der Waals surface area (Å²) in [5.74, 6) is 1.11. The van der Waals surface area contributed by atoms with Crippen LogP contribution in [-0.4, -0.2) is 45.0 Å². The van der Waals surface area contributed by atoms with E-state index in [4.69, 9.17) is 9.47 Å². The Labute approximate surface area is 108 Å². The Morgan fingerprint density at radius 1 is 1.28 bits per heavy atom. The number of hydrogen-bond acceptors (Lipinski definition) is 4. The molecule has 0 radical (unpaired) electrons. The van der Waals surface area contributed by atoms with Gasteiger partial charge in [0.1, 0.15) is 17.1 Å². The van der Waals surface area contributed by atoms with Crippen LogP contribution in [0.5, 0.6) is 11.5 Å². The topological polar surface area (TPSA) is 38.8 Å². The molecule has 0 N–H and O–H groups in total. The Hall–Kier alpha value is -1.55. The first kappa shape index (κ1) is 14.5. The Balaban J connectivity index is 2.72. The van der Waals surface area contributed by atoms with Crippen LogP contribution in [0.1, 0.15) is 23.7 Å². The van der Waals surface area contributed by atoms with E-state index in [9.17, 15) is 4.79 Å². The molecule has 1 aromatic rings. The van der Waals surface area contributed by atoms with E-state index in [1.807, 2.05) is 20.2 Å². The van der Waals surface area contributed by atoms with Crippen molar-refractivity contribution in [1.29, 1.82) is 0 Å². The van der Waals surface area contributed by atoms with E-state index in [2.05, 4.69) is 4.90 Å². The Morgan fingerprint density at radius 3 is 2.50 bits per heavy atom. The SMILES string of the molecule is COc1cccc(OCCCN(C)C)c1C(C)=O. The van der Waals surface area contributed by atoms with Gasteiger partial charge >= 0.3 is 0 Å². The number of nitrogens with zero attached hydrogens (tertiary/aromatic N) is 1. The van der Waals surface area contributed by atoms with E-state index >= 15 is 0 Å². The molecule has 0 bridgehead atoms. The summed E-state index contributed by atoms with van der Waals surface area (Å²) in [7, 11) is 5.59. The van der Waals surface area contributed by atoms with Gasteiger partial charge in [0.2, 0.25) is 0 Å². The fourth-order valence-electron chi connectivity index (χ4n) is 1.71. The Kier molecular flexibility index (Phi) is 5.65. The van der Waals surface area contributed by atoms with Gasteiger partial charge in [-0.1, -0.05) is 6.07 Å². The highest BCUT2D eigenvalue weighted by Crippen LogP contribution is 2.28. The van der Waals surface area contributed by atoms with Crippen LogP contribution in [0.15, 0.2) is 18.2 Å².